The first-order valence-electron chi connectivity index (χ1n) is 5.39. The number of hydrogen-bond donors (Lipinski definition) is 1. The van der Waals surface area contributed by atoms with Gasteiger partial charge in [0.15, 0.2) is 0 Å². The highest BCUT2D eigenvalue weighted by Crippen LogP contribution is 2.22. The van der Waals surface area contributed by atoms with Crippen LogP contribution in [-0.4, -0.2) is 17.2 Å². The molecule has 2 aromatic rings. The summed E-state index contributed by atoms with van der Waals surface area (Å²) in [7, 11) is 1.81. The van der Waals surface area contributed by atoms with Crippen molar-refractivity contribution in [1.29, 1.82) is 0 Å². The molecule has 1 aromatic heterocycles. The molecule has 0 aliphatic rings. The lowest BCUT2D eigenvalue weighted by Crippen LogP contribution is -2.12. The van der Waals surface area contributed by atoms with Gasteiger partial charge in [-0.25, -0.2) is 4.39 Å². The third-order valence-electron chi connectivity index (χ3n) is 2.66. The molecule has 1 aromatic carbocycles. The minimum absolute atomic E-state index is 0.0217. The topological polar surface area (TPSA) is 51.0 Å². The summed E-state index contributed by atoms with van der Waals surface area (Å²) in [6.45, 7) is 3.62. The molecule has 0 radical (unpaired) electrons. The van der Waals surface area contributed by atoms with Crippen molar-refractivity contribution >= 4 is 0 Å². The molecule has 0 aliphatic heterocycles. The second-order valence-electron chi connectivity index (χ2n) is 3.92. The zero-order valence-electron chi connectivity index (χ0n) is 9.99. The van der Waals surface area contributed by atoms with Gasteiger partial charge in [0.1, 0.15) is 5.82 Å². The van der Waals surface area contributed by atoms with Crippen molar-refractivity contribution in [3.8, 4) is 11.5 Å². The zero-order valence-corrected chi connectivity index (χ0v) is 9.99. The molecule has 0 saturated heterocycles. The summed E-state index contributed by atoms with van der Waals surface area (Å²) >= 11 is 0. The van der Waals surface area contributed by atoms with Gasteiger partial charge in [-0.1, -0.05) is 6.07 Å². The van der Waals surface area contributed by atoms with Gasteiger partial charge in [0, 0.05) is 5.56 Å². The first-order chi connectivity index (χ1) is 8.11. The van der Waals surface area contributed by atoms with E-state index in [4.69, 9.17) is 4.42 Å². The third kappa shape index (κ3) is 2.34. The van der Waals surface area contributed by atoms with Gasteiger partial charge in [0.05, 0.1) is 6.04 Å². The maximum absolute atomic E-state index is 13.4. The Morgan fingerprint density at radius 1 is 1.35 bits per heavy atom. The maximum atomic E-state index is 13.4. The van der Waals surface area contributed by atoms with E-state index < -0.39 is 0 Å². The molecule has 5 heteroatoms. The van der Waals surface area contributed by atoms with Crippen LogP contribution in [0.2, 0.25) is 0 Å². The fraction of sp³-hybridized carbons (Fsp3) is 0.333. The van der Waals surface area contributed by atoms with Crippen molar-refractivity contribution in [1.82, 2.24) is 15.5 Å². The van der Waals surface area contributed by atoms with Crippen LogP contribution in [0.4, 0.5) is 4.39 Å². The van der Waals surface area contributed by atoms with Crippen molar-refractivity contribution in [2.45, 2.75) is 19.9 Å². The Labute approximate surface area is 98.9 Å². The van der Waals surface area contributed by atoms with Crippen LogP contribution in [0.1, 0.15) is 24.4 Å². The molecule has 0 amide bonds. The molecule has 4 nitrogen and oxygen atoms in total. The lowest BCUT2D eigenvalue weighted by atomic mass is 10.1. The normalized spacial score (nSPS) is 12.7. The molecular formula is C12H14FN3O. The molecule has 1 unspecified atom stereocenters. The van der Waals surface area contributed by atoms with Crippen LogP contribution in [0, 0.1) is 12.7 Å². The van der Waals surface area contributed by atoms with Gasteiger partial charge in [0.25, 0.3) is 0 Å². The van der Waals surface area contributed by atoms with Crippen LogP contribution in [0.3, 0.4) is 0 Å². The largest absolute Gasteiger partial charge is 0.419 e. The monoisotopic (exact) mass is 235 g/mol. The molecule has 2 rings (SSSR count). The van der Waals surface area contributed by atoms with Gasteiger partial charge in [-0.05, 0) is 38.6 Å². The standard InChI is InChI=1S/C12H14FN3O/c1-7-4-5-9(6-10(7)13)12-16-15-11(17-12)8(2)14-3/h4-6,8,14H,1-3H3. The van der Waals surface area contributed by atoms with Crippen LogP contribution in [0.25, 0.3) is 11.5 Å². The Balaban J connectivity index is 2.33. The van der Waals surface area contributed by atoms with Crippen LogP contribution >= 0.6 is 0 Å². The summed E-state index contributed by atoms with van der Waals surface area (Å²) in [5, 5.41) is 10.8. The molecule has 0 spiro atoms. The van der Waals surface area contributed by atoms with Gasteiger partial charge in [-0.15, -0.1) is 10.2 Å². The second kappa shape index (κ2) is 4.63. The number of aromatic nitrogens is 2. The Morgan fingerprint density at radius 2 is 2.12 bits per heavy atom. The van der Waals surface area contributed by atoms with E-state index in [-0.39, 0.29) is 11.9 Å². The fourth-order valence-electron chi connectivity index (χ4n) is 1.38. The van der Waals surface area contributed by atoms with Gasteiger partial charge in [0.2, 0.25) is 11.8 Å². The van der Waals surface area contributed by atoms with E-state index in [1.54, 1.807) is 26.1 Å². The van der Waals surface area contributed by atoms with Gasteiger partial charge in [-0.3, -0.25) is 0 Å². The van der Waals surface area contributed by atoms with Crippen LogP contribution in [0.15, 0.2) is 22.6 Å². The number of nitrogens with one attached hydrogen (secondary N) is 1. The van der Waals surface area contributed by atoms with E-state index in [9.17, 15) is 4.39 Å². The highest BCUT2D eigenvalue weighted by molar-refractivity contribution is 5.53. The summed E-state index contributed by atoms with van der Waals surface area (Å²) in [6.07, 6.45) is 0. The number of nitrogens with zero attached hydrogens (tertiary/aromatic N) is 2. The Bertz CT molecular complexity index is 524. The molecule has 1 heterocycles. The highest BCUT2D eigenvalue weighted by Gasteiger charge is 2.13. The minimum Gasteiger partial charge on any atom is -0.419 e. The van der Waals surface area contributed by atoms with E-state index >= 15 is 0 Å². The van der Waals surface area contributed by atoms with Crippen molar-refractivity contribution in [3.63, 3.8) is 0 Å². The SMILES string of the molecule is CNC(C)c1nnc(-c2ccc(C)c(F)c2)o1. The molecule has 0 aliphatic carbocycles. The van der Waals surface area contributed by atoms with Crippen molar-refractivity contribution in [2.24, 2.45) is 0 Å². The van der Waals surface area contributed by atoms with E-state index in [0.717, 1.165) is 0 Å². The predicted octanol–water partition coefficient (Wildman–Crippen LogP) is 2.46. The number of halogens is 1. The van der Waals surface area contributed by atoms with E-state index in [2.05, 4.69) is 15.5 Å². The predicted molar refractivity (Wildman–Crippen MR) is 61.9 cm³/mol. The first kappa shape index (κ1) is 11.7. The van der Waals surface area contributed by atoms with Gasteiger partial charge < -0.3 is 9.73 Å². The average molecular weight is 235 g/mol. The first-order valence-corrected chi connectivity index (χ1v) is 5.39. The molecular weight excluding hydrogens is 221 g/mol. The molecule has 90 valence electrons. The van der Waals surface area contributed by atoms with E-state index in [0.29, 0.717) is 22.9 Å². The minimum atomic E-state index is -0.274. The fourth-order valence-corrected chi connectivity index (χ4v) is 1.38. The molecule has 0 bridgehead atoms. The quantitative estimate of drug-likeness (QED) is 0.887. The number of hydrogen-bond acceptors (Lipinski definition) is 4. The number of aryl methyl sites for hydroxylation is 1. The molecule has 1 atom stereocenters. The van der Waals surface area contributed by atoms with Crippen molar-refractivity contribution in [2.75, 3.05) is 7.05 Å². The van der Waals surface area contributed by atoms with Crippen LogP contribution in [-0.2, 0) is 0 Å². The third-order valence-corrected chi connectivity index (χ3v) is 2.66. The van der Waals surface area contributed by atoms with Gasteiger partial charge in [-0.2, -0.15) is 0 Å². The number of benzene rings is 1. The summed E-state index contributed by atoms with van der Waals surface area (Å²) in [5.74, 6) is 0.549. The van der Waals surface area contributed by atoms with Crippen LogP contribution < -0.4 is 5.32 Å². The Kier molecular flexibility index (Phi) is 3.19. The van der Waals surface area contributed by atoms with Gasteiger partial charge >= 0.3 is 0 Å². The Morgan fingerprint density at radius 3 is 2.76 bits per heavy atom. The highest BCUT2D eigenvalue weighted by atomic mass is 19.1. The van der Waals surface area contributed by atoms with Crippen molar-refractivity contribution < 1.29 is 8.81 Å². The second-order valence-corrected chi connectivity index (χ2v) is 3.92. The summed E-state index contributed by atoms with van der Waals surface area (Å²) in [4.78, 5) is 0. The summed E-state index contributed by atoms with van der Waals surface area (Å²) in [6, 6.07) is 4.83. The van der Waals surface area contributed by atoms with Crippen molar-refractivity contribution in [3.05, 3.63) is 35.5 Å². The summed E-state index contributed by atoms with van der Waals surface area (Å²) in [5.41, 5.74) is 1.19. The van der Waals surface area contributed by atoms with E-state index in [1.165, 1.54) is 6.07 Å². The lowest BCUT2D eigenvalue weighted by molar-refractivity contribution is 0.441. The van der Waals surface area contributed by atoms with Crippen LogP contribution in [0.5, 0.6) is 0 Å². The molecule has 17 heavy (non-hydrogen) atoms. The summed E-state index contributed by atoms with van der Waals surface area (Å²) < 4.78 is 18.9. The average Bonchev–Trinajstić information content (AvgIpc) is 2.81. The molecule has 1 N–H and O–H groups in total. The van der Waals surface area contributed by atoms with E-state index in [1.807, 2.05) is 6.92 Å². The molecule has 0 saturated carbocycles. The Hall–Kier alpha value is -1.75. The zero-order chi connectivity index (χ0) is 12.4. The smallest absolute Gasteiger partial charge is 0.247 e. The number of rotatable bonds is 3. The lowest BCUT2D eigenvalue weighted by Gasteiger charge is -2.02. The molecule has 0 fully saturated rings. The maximum Gasteiger partial charge on any atom is 0.247 e.